The molecule has 2 heterocycles. The fourth-order valence-electron chi connectivity index (χ4n) is 3.68. The minimum Gasteiger partial charge on any atom is -0.481 e. The number of hydrogen-bond donors (Lipinski definition) is 1. The molecule has 0 bridgehead atoms. The summed E-state index contributed by atoms with van der Waals surface area (Å²) in [4.78, 5) is 14.0. The maximum Gasteiger partial charge on any atom is 0.308 e. The van der Waals surface area contributed by atoms with Gasteiger partial charge in [0.05, 0.1) is 12.1 Å². The summed E-state index contributed by atoms with van der Waals surface area (Å²) in [7, 11) is 0. The van der Waals surface area contributed by atoms with Gasteiger partial charge in [-0.3, -0.25) is 9.48 Å². The van der Waals surface area contributed by atoms with Crippen molar-refractivity contribution in [2.45, 2.75) is 32.7 Å². The van der Waals surface area contributed by atoms with Crippen LogP contribution in [0.2, 0.25) is 0 Å². The molecule has 5 nitrogen and oxygen atoms in total. The second kappa shape index (κ2) is 7.18. The van der Waals surface area contributed by atoms with E-state index in [0.717, 1.165) is 26.1 Å². The fraction of sp³-hybridized carbons (Fsp3) is 0.474. The molecule has 5 heteroatoms. The van der Waals surface area contributed by atoms with E-state index in [-0.39, 0.29) is 11.8 Å². The lowest BCUT2D eigenvalue weighted by atomic mass is 9.86. The van der Waals surface area contributed by atoms with Crippen molar-refractivity contribution in [2.75, 3.05) is 19.6 Å². The van der Waals surface area contributed by atoms with Crippen molar-refractivity contribution in [3.63, 3.8) is 0 Å². The quantitative estimate of drug-likeness (QED) is 0.886. The highest BCUT2D eigenvalue weighted by Crippen LogP contribution is 2.34. The predicted molar refractivity (Wildman–Crippen MR) is 93.1 cm³/mol. The van der Waals surface area contributed by atoms with E-state index in [1.165, 1.54) is 16.7 Å². The molecule has 0 unspecified atom stereocenters. The van der Waals surface area contributed by atoms with E-state index >= 15 is 0 Å². The van der Waals surface area contributed by atoms with Gasteiger partial charge in [-0.15, -0.1) is 0 Å². The van der Waals surface area contributed by atoms with Crippen molar-refractivity contribution in [3.05, 3.63) is 53.3 Å². The van der Waals surface area contributed by atoms with Crippen molar-refractivity contribution in [1.82, 2.24) is 14.7 Å². The molecule has 3 rings (SSSR count). The summed E-state index contributed by atoms with van der Waals surface area (Å²) in [5.74, 6) is -0.929. The molecule has 2 aromatic rings. The highest BCUT2D eigenvalue weighted by atomic mass is 16.4. The Morgan fingerprint density at radius 1 is 1.25 bits per heavy atom. The number of aliphatic carboxylic acids is 1. The first-order valence-corrected chi connectivity index (χ1v) is 8.54. The van der Waals surface area contributed by atoms with Crippen LogP contribution < -0.4 is 0 Å². The highest BCUT2D eigenvalue weighted by Gasteiger charge is 2.38. The average molecular weight is 327 g/mol. The largest absolute Gasteiger partial charge is 0.481 e. The van der Waals surface area contributed by atoms with Gasteiger partial charge in [0, 0.05) is 31.7 Å². The molecule has 24 heavy (non-hydrogen) atoms. The molecular weight excluding hydrogens is 302 g/mol. The first-order valence-electron chi connectivity index (χ1n) is 8.54. The summed E-state index contributed by atoms with van der Waals surface area (Å²) in [6, 6.07) is 8.15. The Labute approximate surface area is 142 Å². The molecule has 0 radical (unpaired) electrons. The van der Waals surface area contributed by atoms with Crippen molar-refractivity contribution >= 4 is 5.97 Å². The second-order valence-corrected chi connectivity index (χ2v) is 6.80. The summed E-state index contributed by atoms with van der Waals surface area (Å²) >= 11 is 0. The average Bonchev–Trinajstić information content (AvgIpc) is 3.14. The standard InChI is InChI=1S/C19H25N3O2/c1-14-10-20-22(11-14)9-5-8-21-12-17(18(13-21)19(23)24)16-7-4-3-6-15(16)2/h3-4,6-7,10-11,17-18H,5,8-9,12-13H2,1-2H3,(H,23,24)/t17-,18+/m0/s1. The topological polar surface area (TPSA) is 58.4 Å². The molecule has 0 amide bonds. The van der Waals surface area contributed by atoms with Crippen LogP contribution in [0.15, 0.2) is 36.7 Å². The van der Waals surface area contributed by atoms with E-state index in [4.69, 9.17) is 0 Å². The third kappa shape index (κ3) is 3.67. The van der Waals surface area contributed by atoms with Gasteiger partial charge in [-0.1, -0.05) is 24.3 Å². The zero-order valence-electron chi connectivity index (χ0n) is 14.4. The van der Waals surface area contributed by atoms with Gasteiger partial charge in [-0.2, -0.15) is 5.10 Å². The van der Waals surface area contributed by atoms with Crippen LogP contribution in [0.1, 0.15) is 29.0 Å². The minimum absolute atomic E-state index is 0.0793. The zero-order valence-corrected chi connectivity index (χ0v) is 14.4. The number of carbonyl (C=O) groups is 1. The number of carboxylic acids is 1. The number of likely N-dealkylation sites (tertiary alicyclic amines) is 1. The predicted octanol–water partition coefficient (Wildman–Crippen LogP) is 2.69. The summed E-state index contributed by atoms with van der Waals surface area (Å²) < 4.78 is 1.96. The molecule has 1 aromatic carbocycles. The van der Waals surface area contributed by atoms with E-state index < -0.39 is 5.97 Å². The molecule has 1 aliphatic rings. The Morgan fingerprint density at radius 2 is 2.04 bits per heavy atom. The molecule has 1 N–H and O–H groups in total. The molecule has 1 fully saturated rings. The smallest absolute Gasteiger partial charge is 0.308 e. The summed E-state index contributed by atoms with van der Waals surface area (Å²) in [5, 5.41) is 13.9. The van der Waals surface area contributed by atoms with Gasteiger partial charge in [-0.25, -0.2) is 0 Å². The number of aryl methyl sites for hydroxylation is 3. The Hall–Kier alpha value is -2.14. The Balaban J connectivity index is 1.62. The van der Waals surface area contributed by atoms with Gasteiger partial charge in [0.1, 0.15) is 0 Å². The van der Waals surface area contributed by atoms with Gasteiger partial charge in [0.2, 0.25) is 0 Å². The number of rotatable bonds is 6. The van der Waals surface area contributed by atoms with Gasteiger partial charge < -0.3 is 10.0 Å². The Kier molecular flexibility index (Phi) is 5.00. The Bertz CT molecular complexity index is 710. The van der Waals surface area contributed by atoms with Gasteiger partial charge >= 0.3 is 5.97 Å². The number of hydrogen-bond acceptors (Lipinski definition) is 3. The van der Waals surface area contributed by atoms with Gasteiger partial charge in [0.15, 0.2) is 0 Å². The molecule has 0 spiro atoms. The Morgan fingerprint density at radius 3 is 2.71 bits per heavy atom. The van der Waals surface area contributed by atoms with Gasteiger partial charge in [-0.05, 0) is 43.5 Å². The summed E-state index contributed by atoms with van der Waals surface area (Å²) in [6.45, 7) is 7.33. The number of nitrogens with zero attached hydrogens (tertiary/aromatic N) is 3. The summed E-state index contributed by atoms with van der Waals surface area (Å²) in [5.41, 5.74) is 3.53. The first kappa shape index (κ1) is 16.7. The van der Waals surface area contributed by atoms with E-state index in [9.17, 15) is 9.90 Å². The third-order valence-electron chi connectivity index (χ3n) is 4.92. The molecule has 0 aliphatic carbocycles. The number of carboxylic acid groups (broad SMARTS) is 1. The molecular formula is C19H25N3O2. The lowest BCUT2D eigenvalue weighted by Crippen LogP contribution is -2.25. The van der Waals surface area contributed by atoms with E-state index in [0.29, 0.717) is 6.54 Å². The van der Waals surface area contributed by atoms with Crippen LogP contribution in [0.3, 0.4) is 0 Å². The van der Waals surface area contributed by atoms with Crippen LogP contribution >= 0.6 is 0 Å². The van der Waals surface area contributed by atoms with Crippen molar-refractivity contribution in [3.8, 4) is 0 Å². The van der Waals surface area contributed by atoms with E-state index in [2.05, 4.69) is 29.1 Å². The number of aromatic nitrogens is 2. The lowest BCUT2D eigenvalue weighted by molar-refractivity contribution is -0.141. The first-order chi connectivity index (χ1) is 11.5. The van der Waals surface area contributed by atoms with E-state index in [1.807, 2.05) is 36.1 Å². The van der Waals surface area contributed by atoms with Gasteiger partial charge in [0.25, 0.3) is 0 Å². The monoisotopic (exact) mass is 327 g/mol. The molecule has 2 atom stereocenters. The number of benzene rings is 1. The van der Waals surface area contributed by atoms with Crippen LogP contribution in [-0.2, 0) is 11.3 Å². The van der Waals surface area contributed by atoms with Crippen LogP contribution in [-0.4, -0.2) is 45.4 Å². The molecule has 1 saturated heterocycles. The fourth-order valence-corrected chi connectivity index (χ4v) is 3.68. The maximum absolute atomic E-state index is 11.7. The van der Waals surface area contributed by atoms with Crippen molar-refractivity contribution in [2.24, 2.45) is 5.92 Å². The zero-order chi connectivity index (χ0) is 17.1. The van der Waals surface area contributed by atoms with E-state index in [1.54, 1.807) is 0 Å². The molecule has 1 aliphatic heterocycles. The maximum atomic E-state index is 11.7. The molecule has 128 valence electrons. The minimum atomic E-state index is -0.687. The van der Waals surface area contributed by atoms with Crippen LogP contribution in [0.4, 0.5) is 0 Å². The molecule has 1 aromatic heterocycles. The second-order valence-electron chi connectivity index (χ2n) is 6.80. The third-order valence-corrected chi connectivity index (χ3v) is 4.92. The lowest BCUT2D eigenvalue weighted by Gasteiger charge is -2.18. The normalized spacial score (nSPS) is 21.2. The molecule has 0 saturated carbocycles. The summed E-state index contributed by atoms with van der Waals surface area (Å²) in [6.07, 6.45) is 4.89. The van der Waals surface area contributed by atoms with Crippen LogP contribution in [0, 0.1) is 19.8 Å². The van der Waals surface area contributed by atoms with Crippen molar-refractivity contribution in [1.29, 1.82) is 0 Å². The highest BCUT2D eigenvalue weighted by molar-refractivity contribution is 5.72. The van der Waals surface area contributed by atoms with Crippen LogP contribution in [0.25, 0.3) is 0 Å². The van der Waals surface area contributed by atoms with Crippen molar-refractivity contribution < 1.29 is 9.90 Å². The SMILES string of the molecule is Cc1cnn(CCCN2C[C@@H](C(=O)O)[C@H](c3ccccc3C)C2)c1. The van der Waals surface area contributed by atoms with Crippen LogP contribution in [0.5, 0.6) is 0 Å².